The summed E-state index contributed by atoms with van der Waals surface area (Å²) in [7, 11) is -0.948. The average molecular weight is 313 g/mol. The minimum absolute atomic E-state index is 0.313. The molecular formula is C21H28S. The van der Waals surface area contributed by atoms with Gasteiger partial charge in [0.2, 0.25) is 0 Å². The first kappa shape index (κ1) is 15.7. The molecule has 1 heteroatoms. The standard InChI is InChI=1S/C21H28S/c1-21(2)16-14-20(15-17-21)22(3,18-10-6-4-7-11-18)19-12-8-5-9-13-19/h4-8,10-11,14-16,19H,9,12-13,17H2,1-3H3. The van der Waals surface area contributed by atoms with Gasteiger partial charge < -0.3 is 0 Å². The van der Waals surface area contributed by atoms with Gasteiger partial charge in [-0.3, -0.25) is 0 Å². The summed E-state index contributed by atoms with van der Waals surface area (Å²) < 4.78 is 0. The highest BCUT2D eigenvalue weighted by atomic mass is 32.3. The van der Waals surface area contributed by atoms with Gasteiger partial charge in [0.25, 0.3) is 0 Å². The lowest BCUT2D eigenvalue weighted by Gasteiger charge is -2.47. The molecule has 22 heavy (non-hydrogen) atoms. The highest BCUT2D eigenvalue weighted by Gasteiger charge is 2.34. The van der Waals surface area contributed by atoms with Gasteiger partial charge in [-0.25, -0.2) is 0 Å². The maximum atomic E-state index is 2.54. The fourth-order valence-electron chi connectivity index (χ4n) is 3.54. The number of rotatable bonds is 3. The molecule has 0 amide bonds. The maximum Gasteiger partial charge on any atom is 0.000132 e. The first-order valence-electron chi connectivity index (χ1n) is 8.39. The van der Waals surface area contributed by atoms with Crippen molar-refractivity contribution in [2.45, 2.75) is 49.7 Å². The zero-order valence-corrected chi connectivity index (χ0v) is 14.9. The van der Waals surface area contributed by atoms with Gasteiger partial charge in [0.1, 0.15) is 0 Å². The van der Waals surface area contributed by atoms with E-state index in [1.165, 1.54) is 19.3 Å². The van der Waals surface area contributed by atoms with Crippen LogP contribution in [0.4, 0.5) is 0 Å². The summed E-state index contributed by atoms with van der Waals surface area (Å²) in [6, 6.07) is 11.2. The zero-order valence-electron chi connectivity index (χ0n) is 14.1. The molecule has 0 heterocycles. The van der Waals surface area contributed by atoms with Crippen molar-refractivity contribution in [1.29, 1.82) is 0 Å². The van der Waals surface area contributed by atoms with Crippen LogP contribution in [0.3, 0.4) is 0 Å². The average Bonchev–Trinajstić information content (AvgIpc) is 2.56. The van der Waals surface area contributed by atoms with Gasteiger partial charge in [-0.15, -0.1) is 0 Å². The molecule has 2 aliphatic rings. The molecule has 2 unspecified atom stereocenters. The fraction of sp³-hybridized carbons (Fsp3) is 0.429. The number of benzene rings is 1. The highest BCUT2D eigenvalue weighted by Crippen LogP contribution is 2.66. The van der Waals surface area contributed by atoms with Crippen molar-refractivity contribution in [1.82, 2.24) is 0 Å². The highest BCUT2D eigenvalue weighted by molar-refractivity contribution is 8.36. The van der Waals surface area contributed by atoms with Crippen molar-refractivity contribution in [2.75, 3.05) is 6.26 Å². The first-order valence-corrected chi connectivity index (χ1v) is 10.5. The molecule has 0 aliphatic heterocycles. The Bertz CT molecular complexity index is 606. The lowest BCUT2D eigenvalue weighted by Crippen LogP contribution is -2.22. The van der Waals surface area contributed by atoms with Crippen LogP contribution in [0.25, 0.3) is 0 Å². The second-order valence-electron chi connectivity index (χ2n) is 7.33. The Morgan fingerprint density at radius 1 is 1.09 bits per heavy atom. The van der Waals surface area contributed by atoms with E-state index in [2.05, 4.69) is 80.8 Å². The SMILES string of the molecule is CC1(C)C=CC(S(C)(c2ccccc2)C2CC=CCC2)=CC1. The van der Waals surface area contributed by atoms with Crippen molar-refractivity contribution >= 4 is 10.0 Å². The third-order valence-electron chi connectivity index (χ3n) is 5.14. The lowest BCUT2D eigenvalue weighted by molar-refractivity contribution is 0.483. The molecule has 0 nitrogen and oxygen atoms in total. The molecule has 0 N–H and O–H groups in total. The summed E-state index contributed by atoms with van der Waals surface area (Å²) >= 11 is 0. The topological polar surface area (TPSA) is 0 Å². The summed E-state index contributed by atoms with van der Waals surface area (Å²) in [5.41, 5.74) is 0.313. The van der Waals surface area contributed by atoms with Crippen LogP contribution < -0.4 is 0 Å². The van der Waals surface area contributed by atoms with Crippen LogP contribution in [0.5, 0.6) is 0 Å². The fourth-order valence-corrected chi connectivity index (χ4v) is 7.19. The third-order valence-corrected chi connectivity index (χ3v) is 9.43. The largest absolute Gasteiger partial charge is 0.188 e. The molecule has 0 fully saturated rings. The Morgan fingerprint density at radius 3 is 2.45 bits per heavy atom. The second-order valence-corrected chi connectivity index (χ2v) is 10.9. The third kappa shape index (κ3) is 2.96. The molecule has 0 bridgehead atoms. The van der Waals surface area contributed by atoms with E-state index in [0.717, 1.165) is 11.7 Å². The summed E-state index contributed by atoms with van der Waals surface area (Å²) in [5.74, 6) is 0. The molecule has 0 spiro atoms. The molecule has 0 aromatic heterocycles. The van der Waals surface area contributed by atoms with E-state index in [1.807, 2.05) is 0 Å². The van der Waals surface area contributed by atoms with Crippen LogP contribution in [0.15, 0.2) is 70.5 Å². The van der Waals surface area contributed by atoms with E-state index < -0.39 is 10.0 Å². The molecule has 1 aromatic rings. The van der Waals surface area contributed by atoms with Gasteiger partial charge >= 0.3 is 0 Å². The normalized spacial score (nSPS) is 27.8. The van der Waals surface area contributed by atoms with Crippen molar-refractivity contribution in [3.8, 4) is 0 Å². The van der Waals surface area contributed by atoms with Crippen LogP contribution in [-0.2, 0) is 0 Å². The Morgan fingerprint density at radius 2 is 1.86 bits per heavy atom. The van der Waals surface area contributed by atoms with E-state index in [4.69, 9.17) is 0 Å². The summed E-state index contributed by atoms with van der Waals surface area (Å²) in [6.45, 7) is 4.66. The Kier molecular flexibility index (Phi) is 4.36. The van der Waals surface area contributed by atoms with Crippen molar-refractivity contribution in [3.63, 3.8) is 0 Å². The smallest absolute Gasteiger partial charge is 0.000132 e. The summed E-state index contributed by atoms with van der Waals surface area (Å²) in [4.78, 5) is 3.14. The van der Waals surface area contributed by atoms with Gasteiger partial charge in [-0.2, -0.15) is 10.0 Å². The van der Waals surface area contributed by atoms with Gasteiger partial charge in [0.05, 0.1) is 0 Å². The van der Waals surface area contributed by atoms with Crippen LogP contribution >= 0.6 is 10.0 Å². The van der Waals surface area contributed by atoms with E-state index in [1.54, 1.807) is 9.80 Å². The van der Waals surface area contributed by atoms with E-state index in [-0.39, 0.29) is 0 Å². The molecule has 0 radical (unpaired) electrons. The maximum absolute atomic E-state index is 2.54. The molecule has 3 rings (SSSR count). The number of hydrogen-bond donors (Lipinski definition) is 0. The van der Waals surface area contributed by atoms with Crippen molar-refractivity contribution in [2.24, 2.45) is 5.41 Å². The number of allylic oxidation sites excluding steroid dienone is 5. The van der Waals surface area contributed by atoms with Crippen LogP contribution in [0, 0.1) is 5.41 Å². The number of hydrogen-bond acceptors (Lipinski definition) is 0. The molecule has 2 aliphatic carbocycles. The predicted molar refractivity (Wildman–Crippen MR) is 101 cm³/mol. The molecule has 0 saturated heterocycles. The van der Waals surface area contributed by atoms with E-state index >= 15 is 0 Å². The molecule has 1 aromatic carbocycles. The van der Waals surface area contributed by atoms with E-state index in [9.17, 15) is 0 Å². The Hall–Kier alpha value is -1.21. The van der Waals surface area contributed by atoms with Crippen LogP contribution in [-0.4, -0.2) is 11.5 Å². The summed E-state index contributed by atoms with van der Waals surface area (Å²) in [5, 5.41) is 0.775. The molecule has 118 valence electrons. The van der Waals surface area contributed by atoms with Gasteiger partial charge in [0, 0.05) is 5.25 Å². The van der Waals surface area contributed by atoms with Crippen molar-refractivity contribution < 1.29 is 0 Å². The minimum atomic E-state index is -0.948. The monoisotopic (exact) mass is 312 g/mol. The molecule has 0 saturated carbocycles. The van der Waals surface area contributed by atoms with Gasteiger partial charge in [-0.1, -0.05) is 62.4 Å². The zero-order chi connectivity index (χ0) is 15.6. The molecule has 2 atom stereocenters. The minimum Gasteiger partial charge on any atom is -0.188 e. The quantitative estimate of drug-likeness (QED) is 0.562. The second kappa shape index (κ2) is 6.12. The van der Waals surface area contributed by atoms with Gasteiger partial charge in [-0.05, 0) is 59.3 Å². The Labute approximate surface area is 137 Å². The van der Waals surface area contributed by atoms with Gasteiger partial charge in [0.15, 0.2) is 0 Å². The van der Waals surface area contributed by atoms with Crippen LogP contribution in [0.2, 0.25) is 0 Å². The Balaban J connectivity index is 2.02. The lowest BCUT2D eigenvalue weighted by atomic mass is 9.86. The predicted octanol–water partition coefficient (Wildman–Crippen LogP) is 6.46. The van der Waals surface area contributed by atoms with Crippen molar-refractivity contribution in [3.05, 3.63) is 65.6 Å². The van der Waals surface area contributed by atoms with Crippen LogP contribution in [0.1, 0.15) is 39.5 Å². The van der Waals surface area contributed by atoms with E-state index in [0.29, 0.717) is 5.41 Å². The molecular weight excluding hydrogens is 284 g/mol. The first-order chi connectivity index (χ1) is 10.5. The summed E-state index contributed by atoms with van der Waals surface area (Å²) in [6.07, 6.45) is 19.6.